The molecule has 4 saturated carbocycles. The van der Waals surface area contributed by atoms with E-state index >= 15 is 0 Å². The van der Waals surface area contributed by atoms with E-state index in [-0.39, 0.29) is 17.4 Å². The van der Waals surface area contributed by atoms with Crippen LogP contribution in [-0.2, 0) is 4.74 Å². The first-order valence-corrected chi connectivity index (χ1v) is 9.20. The smallest absolute Gasteiger partial charge is 0.335 e. The standard InChI is InChI=1S/C20H25FO4/c1-20(2,24-17-10-13(19(22)23)3-4-16(17)21)25-18-14-6-11-5-12(8-14)9-15(18)7-11/h3-4,10-12,14-15,18H,5-9H2,1-2H3,(H,22,23). The van der Waals surface area contributed by atoms with E-state index < -0.39 is 17.6 Å². The van der Waals surface area contributed by atoms with Crippen LogP contribution in [0.4, 0.5) is 4.39 Å². The van der Waals surface area contributed by atoms with E-state index in [2.05, 4.69) is 0 Å². The van der Waals surface area contributed by atoms with Crippen LogP contribution in [0.3, 0.4) is 0 Å². The third-order valence-electron chi connectivity index (χ3n) is 6.09. The highest BCUT2D eigenvalue weighted by atomic mass is 19.1. The summed E-state index contributed by atoms with van der Waals surface area (Å²) in [5.41, 5.74) is 0.00169. The van der Waals surface area contributed by atoms with Crippen molar-refractivity contribution < 1.29 is 23.8 Å². The number of carbonyl (C=O) groups is 1. The van der Waals surface area contributed by atoms with Gasteiger partial charge < -0.3 is 14.6 Å². The lowest BCUT2D eigenvalue weighted by molar-refractivity contribution is -0.243. The molecule has 0 spiro atoms. The summed E-state index contributed by atoms with van der Waals surface area (Å²) in [6.45, 7) is 3.57. The molecule has 0 unspecified atom stereocenters. The molecule has 25 heavy (non-hydrogen) atoms. The third-order valence-corrected chi connectivity index (χ3v) is 6.09. The Balaban J connectivity index is 1.49. The van der Waals surface area contributed by atoms with Gasteiger partial charge >= 0.3 is 5.97 Å². The lowest BCUT2D eigenvalue weighted by Crippen LogP contribution is -2.52. The van der Waals surface area contributed by atoms with Crippen LogP contribution in [0.5, 0.6) is 5.75 Å². The molecule has 5 heteroatoms. The first-order valence-electron chi connectivity index (χ1n) is 9.20. The summed E-state index contributed by atoms with van der Waals surface area (Å²) in [6, 6.07) is 3.58. The number of rotatable bonds is 5. The average molecular weight is 348 g/mol. The summed E-state index contributed by atoms with van der Waals surface area (Å²) >= 11 is 0. The highest BCUT2D eigenvalue weighted by Crippen LogP contribution is 2.55. The molecule has 4 bridgehead atoms. The number of hydrogen-bond donors (Lipinski definition) is 1. The van der Waals surface area contributed by atoms with Crippen molar-refractivity contribution in [3.05, 3.63) is 29.6 Å². The predicted molar refractivity (Wildman–Crippen MR) is 90.0 cm³/mol. The SMILES string of the molecule is CC(C)(Oc1cc(C(=O)O)ccc1F)OC1C2CC3CC(C2)CC1C3. The van der Waals surface area contributed by atoms with Crippen LogP contribution in [0.1, 0.15) is 56.3 Å². The number of carboxylic acids is 1. The summed E-state index contributed by atoms with van der Waals surface area (Å²) in [5, 5.41) is 9.09. The van der Waals surface area contributed by atoms with Crippen molar-refractivity contribution >= 4 is 5.97 Å². The zero-order chi connectivity index (χ0) is 17.8. The van der Waals surface area contributed by atoms with E-state index in [9.17, 15) is 9.18 Å². The second-order valence-electron chi connectivity index (χ2n) is 8.47. The molecule has 0 aliphatic heterocycles. The van der Waals surface area contributed by atoms with Gasteiger partial charge in [0.1, 0.15) is 0 Å². The number of halogens is 1. The molecule has 0 aromatic heterocycles. The maximum absolute atomic E-state index is 14.1. The second-order valence-corrected chi connectivity index (χ2v) is 8.47. The monoisotopic (exact) mass is 348 g/mol. The summed E-state index contributed by atoms with van der Waals surface area (Å²) in [5.74, 6) is 0.110. The molecular formula is C20H25FO4. The molecule has 0 atom stereocenters. The maximum Gasteiger partial charge on any atom is 0.335 e. The van der Waals surface area contributed by atoms with Crippen LogP contribution < -0.4 is 4.74 Å². The molecule has 0 saturated heterocycles. The highest BCUT2D eigenvalue weighted by Gasteiger charge is 2.50. The van der Waals surface area contributed by atoms with E-state index in [1.807, 2.05) is 0 Å². The molecule has 1 N–H and O–H groups in total. The lowest BCUT2D eigenvalue weighted by Gasteiger charge is -2.55. The molecule has 1 aromatic rings. The molecule has 0 heterocycles. The van der Waals surface area contributed by atoms with Crippen molar-refractivity contribution in [2.75, 3.05) is 0 Å². The molecular weight excluding hydrogens is 323 g/mol. The van der Waals surface area contributed by atoms with Gasteiger partial charge in [-0.15, -0.1) is 0 Å². The molecule has 4 fully saturated rings. The second kappa shape index (κ2) is 5.97. The summed E-state index contributed by atoms with van der Waals surface area (Å²) in [4.78, 5) is 11.1. The van der Waals surface area contributed by atoms with Gasteiger partial charge in [-0.1, -0.05) is 0 Å². The number of aromatic carboxylic acids is 1. The summed E-state index contributed by atoms with van der Waals surface area (Å²) in [7, 11) is 0. The number of ether oxygens (including phenoxy) is 2. The van der Waals surface area contributed by atoms with Gasteiger partial charge in [-0.25, -0.2) is 9.18 Å². The minimum atomic E-state index is -1.11. The highest BCUT2D eigenvalue weighted by molar-refractivity contribution is 5.88. The number of carboxylic acid groups (broad SMARTS) is 1. The maximum atomic E-state index is 14.1. The fourth-order valence-electron chi connectivity index (χ4n) is 5.40. The largest absolute Gasteiger partial charge is 0.478 e. The molecule has 136 valence electrons. The first-order chi connectivity index (χ1) is 11.8. The Morgan fingerprint density at radius 1 is 1.12 bits per heavy atom. The van der Waals surface area contributed by atoms with Crippen LogP contribution in [-0.4, -0.2) is 23.0 Å². The Kier molecular flexibility index (Phi) is 4.02. The fourth-order valence-corrected chi connectivity index (χ4v) is 5.40. The van der Waals surface area contributed by atoms with Crippen LogP contribution >= 0.6 is 0 Å². The summed E-state index contributed by atoms with van der Waals surface area (Å²) < 4.78 is 26.2. The Bertz CT molecular complexity index is 656. The normalized spacial score (nSPS) is 33.5. The van der Waals surface area contributed by atoms with E-state index in [1.54, 1.807) is 13.8 Å². The van der Waals surface area contributed by atoms with Crippen LogP contribution in [0.15, 0.2) is 18.2 Å². The average Bonchev–Trinajstić information content (AvgIpc) is 2.52. The van der Waals surface area contributed by atoms with Crippen molar-refractivity contribution in [2.45, 2.75) is 57.8 Å². The number of hydrogen-bond acceptors (Lipinski definition) is 3. The van der Waals surface area contributed by atoms with Crippen molar-refractivity contribution in [1.82, 2.24) is 0 Å². The van der Waals surface area contributed by atoms with Crippen LogP contribution in [0.2, 0.25) is 0 Å². The Morgan fingerprint density at radius 3 is 2.28 bits per heavy atom. The van der Waals surface area contributed by atoms with Gasteiger partial charge in [-0.2, -0.15) is 0 Å². The lowest BCUT2D eigenvalue weighted by atomic mass is 9.55. The van der Waals surface area contributed by atoms with E-state index in [0.717, 1.165) is 17.9 Å². The fraction of sp³-hybridized carbons (Fsp3) is 0.650. The Hall–Kier alpha value is -1.62. The molecule has 0 amide bonds. The molecule has 0 radical (unpaired) electrons. The van der Waals surface area contributed by atoms with Crippen LogP contribution in [0.25, 0.3) is 0 Å². The van der Waals surface area contributed by atoms with Crippen molar-refractivity contribution in [3.63, 3.8) is 0 Å². The van der Waals surface area contributed by atoms with Gasteiger partial charge in [-0.05, 0) is 74.0 Å². The topological polar surface area (TPSA) is 55.8 Å². The van der Waals surface area contributed by atoms with Gasteiger partial charge in [0.15, 0.2) is 11.6 Å². The van der Waals surface area contributed by atoms with E-state index in [4.69, 9.17) is 14.6 Å². The van der Waals surface area contributed by atoms with E-state index in [1.165, 1.54) is 44.2 Å². The Morgan fingerprint density at radius 2 is 1.72 bits per heavy atom. The number of benzene rings is 1. The third kappa shape index (κ3) is 3.26. The minimum Gasteiger partial charge on any atom is -0.478 e. The molecule has 4 nitrogen and oxygen atoms in total. The molecule has 4 aliphatic rings. The van der Waals surface area contributed by atoms with Gasteiger partial charge in [0.05, 0.1) is 11.7 Å². The van der Waals surface area contributed by atoms with Gasteiger partial charge in [0.25, 0.3) is 0 Å². The predicted octanol–water partition coefficient (Wildman–Crippen LogP) is 4.48. The quantitative estimate of drug-likeness (QED) is 0.797. The van der Waals surface area contributed by atoms with Crippen molar-refractivity contribution in [2.24, 2.45) is 23.7 Å². The van der Waals surface area contributed by atoms with Gasteiger partial charge in [-0.3, -0.25) is 0 Å². The van der Waals surface area contributed by atoms with Crippen LogP contribution in [0, 0.1) is 29.5 Å². The molecule has 5 rings (SSSR count). The first kappa shape index (κ1) is 16.8. The molecule has 4 aliphatic carbocycles. The zero-order valence-corrected chi connectivity index (χ0v) is 14.7. The van der Waals surface area contributed by atoms with Gasteiger partial charge in [0, 0.05) is 13.8 Å². The minimum absolute atomic E-state index is 0.00169. The van der Waals surface area contributed by atoms with Gasteiger partial charge in [0.2, 0.25) is 5.79 Å². The zero-order valence-electron chi connectivity index (χ0n) is 14.7. The molecule has 1 aromatic carbocycles. The van der Waals surface area contributed by atoms with Crippen molar-refractivity contribution in [1.29, 1.82) is 0 Å². The Labute approximate surface area is 147 Å². The summed E-state index contributed by atoms with van der Waals surface area (Å²) in [6.07, 6.45) is 6.47. The van der Waals surface area contributed by atoms with Crippen molar-refractivity contribution in [3.8, 4) is 5.75 Å². The van der Waals surface area contributed by atoms with E-state index in [0.29, 0.717) is 11.8 Å².